The fourth-order valence-electron chi connectivity index (χ4n) is 2.50. The molecule has 0 aromatic heterocycles. The van der Waals surface area contributed by atoms with Crippen molar-refractivity contribution >= 4 is 31.9 Å². The van der Waals surface area contributed by atoms with E-state index in [1.165, 1.54) is 0 Å². The molecule has 94 valence electrons. The number of fused-ring (bicyclic) bond motifs is 1. The highest BCUT2D eigenvalue weighted by molar-refractivity contribution is 9.11. The summed E-state index contributed by atoms with van der Waals surface area (Å²) in [6.07, 6.45) is 0. The predicted octanol–water partition coefficient (Wildman–Crippen LogP) is 4.99. The minimum absolute atomic E-state index is 0.142. The van der Waals surface area contributed by atoms with E-state index >= 15 is 0 Å². The van der Waals surface area contributed by atoms with Gasteiger partial charge in [0.25, 0.3) is 0 Å². The van der Waals surface area contributed by atoms with Gasteiger partial charge in [0.2, 0.25) is 0 Å². The third kappa shape index (κ3) is 1.78. The Morgan fingerprint density at radius 1 is 0.824 bits per heavy atom. The van der Waals surface area contributed by atoms with E-state index in [-0.39, 0.29) is 8.95 Å². The highest BCUT2D eigenvalue weighted by Crippen LogP contribution is 2.53. The van der Waals surface area contributed by atoms with Gasteiger partial charge >= 0.3 is 0 Å². The SMILES string of the molecule is CC1(C)OC(C)(C)c2c(Br)c(F)c(F)c(Br)c21. The Labute approximate surface area is 116 Å². The Morgan fingerprint density at radius 3 is 1.41 bits per heavy atom. The highest BCUT2D eigenvalue weighted by Gasteiger charge is 2.47. The summed E-state index contributed by atoms with van der Waals surface area (Å²) in [5, 5.41) is 0. The van der Waals surface area contributed by atoms with Crippen LogP contribution >= 0.6 is 31.9 Å². The Morgan fingerprint density at radius 2 is 1.12 bits per heavy atom. The molecule has 0 bridgehead atoms. The molecular weight excluding hydrogens is 358 g/mol. The molecule has 0 saturated heterocycles. The second-order valence-electron chi connectivity index (χ2n) is 5.13. The van der Waals surface area contributed by atoms with Crippen LogP contribution in [0, 0.1) is 11.6 Å². The second-order valence-corrected chi connectivity index (χ2v) is 6.71. The Bertz CT molecular complexity index is 465. The summed E-state index contributed by atoms with van der Waals surface area (Å²) >= 11 is 6.26. The van der Waals surface area contributed by atoms with E-state index in [2.05, 4.69) is 31.9 Å². The van der Waals surface area contributed by atoms with Gasteiger partial charge in [-0.1, -0.05) is 0 Å². The fourth-order valence-corrected chi connectivity index (χ4v) is 4.20. The first-order valence-electron chi connectivity index (χ1n) is 5.16. The van der Waals surface area contributed by atoms with Crippen LogP contribution in [0.4, 0.5) is 8.78 Å². The van der Waals surface area contributed by atoms with Gasteiger partial charge in [-0.15, -0.1) is 0 Å². The van der Waals surface area contributed by atoms with Crippen LogP contribution in [0.5, 0.6) is 0 Å². The molecule has 0 spiro atoms. The topological polar surface area (TPSA) is 9.23 Å². The standard InChI is InChI=1S/C12H12Br2F2O/c1-11(2)5-6(12(3,4)17-11)8(14)10(16)9(15)7(5)13/h1-4H3. The lowest BCUT2D eigenvalue weighted by atomic mass is 9.90. The molecule has 0 radical (unpaired) electrons. The maximum atomic E-state index is 13.7. The molecule has 0 unspecified atom stereocenters. The van der Waals surface area contributed by atoms with Crippen LogP contribution in [0.3, 0.4) is 0 Å². The first kappa shape index (κ1) is 13.4. The van der Waals surface area contributed by atoms with Crippen LogP contribution in [0.25, 0.3) is 0 Å². The summed E-state index contributed by atoms with van der Waals surface area (Å²) in [5.41, 5.74) is 0.00486. The lowest BCUT2D eigenvalue weighted by Crippen LogP contribution is -2.22. The van der Waals surface area contributed by atoms with Crippen LogP contribution in [0.15, 0.2) is 8.95 Å². The van der Waals surface area contributed by atoms with Gasteiger partial charge in [-0.25, -0.2) is 8.78 Å². The summed E-state index contributed by atoms with van der Waals surface area (Å²) < 4.78 is 33.6. The molecule has 0 aliphatic carbocycles. The van der Waals surface area contributed by atoms with Crippen molar-refractivity contribution in [2.24, 2.45) is 0 Å². The Hall–Kier alpha value is -0.000000000000000111. The number of ether oxygens (including phenoxy) is 1. The fraction of sp³-hybridized carbons (Fsp3) is 0.500. The molecular formula is C12H12Br2F2O. The van der Waals surface area contributed by atoms with E-state index in [0.717, 1.165) is 0 Å². The van der Waals surface area contributed by atoms with Crippen molar-refractivity contribution in [1.82, 2.24) is 0 Å². The zero-order valence-electron chi connectivity index (χ0n) is 9.92. The third-order valence-corrected chi connectivity index (χ3v) is 4.47. The number of hydrogen-bond acceptors (Lipinski definition) is 1. The van der Waals surface area contributed by atoms with Gasteiger partial charge in [0.15, 0.2) is 11.6 Å². The molecule has 0 atom stereocenters. The van der Waals surface area contributed by atoms with Crippen molar-refractivity contribution in [3.63, 3.8) is 0 Å². The normalized spacial score (nSPS) is 20.5. The van der Waals surface area contributed by atoms with Crippen molar-refractivity contribution < 1.29 is 13.5 Å². The van der Waals surface area contributed by atoms with Crippen LogP contribution < -0.4 is 0 Å². The monoisotopic (exact) mass is 368 g/mol. The van der Waals surface area contributed by atoms with Crippen molar-refractivity contribution in [3.8, 4) is 0 Å². The maximum absolute atomic E-state index is 13.7. The minimum Gasteiger partial charge on any atom is -0.360 e. The molecule has 0 saturated carbocycles. The summed E-state index contributed by atoms with van der Waals surface area (Å²) in [6, 6.07) is 0. The molecule has 1 aliphatic heterocycles. The van der Waals surface area contributed by atoms with E-state index in [9.17, 15) is 8.78 Å². The van der Waals surface area contributed by atoms with Gasteiger partial charge in [-0.2, -0.15) is 0 Å². The Balaban J connectivity index is 2.92. The Kier molecular flexibility index (Phi) is 2.96. The molecule has 0 N–H and O–H groups in total. The van der Waals surface area contributed by atoms with Crippen molar-refractivity contribution in [3.05, 3.63) is 31.7 Å². The highest BCUT2D eigenvalue weighted by atomic mass is 79.9. The van der Waals surface area contributed by atoms with E-state index in [4.69, 9.17) is 4.74 Å². The number of rotatable bonds is 0. The average molecular weight is 370 g/mol. The van der Waals surface area contributed by atoms with E-state index in [1.54, 1.807) is 0 Å². The zero-order valence-corrected chi connectivity index (χ0v) is 13.1. The van der Waals surface area contributed by atoms with Crippen LogP contribution in [0.2, 0.25) is 0 Å². The van der Waals surface area contributed by atoms with E-state index < -0.39 is 22.8 Å². The van der Waals surface area contributed by atoms with Gasteiger partial charge in [-0.05, 0) is 59.6 Å². The van der Waals surface area contributed by atoms with Gasteiger partial charge < -0.3 is 4.74 Å². The molecule has 5 heteroatoms. The van der Waals surface area contributed by atoms with Gasteiger partial charge in [-0.3, -0.25) is 0 Å². The molecule has 1 nitrogen and oxygen atoms in total. The van der Waals surface area contributed by atoms with Crippen LogP contribution in [0.1, 0.15) is 38.8 Å². The van der Waals surface area contributed by atoms with Gasteiger partial charge in [0, 0.05) is 11.1 Å². The molecule has 1 heterocycles. The maximum Gasteiger partial charge on any atom is 0.174 e. The van der Waals surface area contributed by atoms with Crippen molar-refractivity contribution in [2.75, 3.05) is 0 Å². The quantitative estimate of drug-likeness (QED) is 0.462. The summed E-state index contributed by atoms with van der Waals surface area (Å²) in [5.74, 6) is -1.77. The zero-order chi connectivity index (χ0) is 13.2. The minimum atomic E-state index is -0.884. The van der Waals surface area contributed by atoms with Crippen molar-refractivity contribution in [2.45, 2.75) is 38.9 Å². The second kappa shape index (κ2) is 3.75. The van der Waals surface area contributed by atoms with Crippen molar-refractivity contribution in [1.29, 1.82) is 0 Å². The molecule has 1 aliphatic rings. The molecule has 0 amide bonds. The first-order valence-corrected chi connectivity index (χ1v) is 6.75. The molecule has 1 aromatic carbocycles. The average Bonchev–Trinajstić information content (AvgIpc) is 2.36. The largest absolute Gasteiger partial charge is 0.360 e. The van der Waals surface area contributed by atoms with E-state index in [0.29, 0.717) is 11.1 Å². The van der Waals surface area contributed by atoms with Crippen LogP contribution in [-0.2, 0) is 15.9 Å². The molecule has 0 fully saturated rings. The summed E-state index contributed by atoms with van der Waals surface area (Å²) in [7, 11) is 0. The lowest BCUT2D eigenvalue weighted by Gasteiger charge is -2.25. The number of halogens is 4. The smallest absolute Gasteiger partial charge is 0.174 e. The lowest BCUT2D eigenvalue weighted by molar-refractivity contribution is -0.105. The summed E-state index contributed by atoms with van der Waals surface area (Å²) in [4.78, 5) is 0. The predicted molar refractivity (Wildman–Crippen MR) is 68.9 cm³/mol. The first-order chi connectivity index (χ1) is 7.59. The molecule has 17 heavy (non-hydrogen) atoms. The number of hydrogen-bond donors (Lipinski definition) is 0. The van der Waals surface area contributed by atoms with E-state index in [1.807, 2.05) is 27.7 Å². The van der Waals surface area contributed by atoms with Gasteiger partial charge in [0.1, 0.15) is 0 Å². The molecule has 2 rings (SSSR count). The van der Waals surface area contributed by atoms with Crippen LogP contribution in [-0.4, -0.2) is 0 Å². The van der Waals surface area contributed by atoms with Gasteiger partial charge in [0.05, 0.1) is 20.1 Å². The third-order valence-electron chi connectivity index (χ3n) is 2.98. The summed E-state index contributed by atoms with van der Waals surface area (Å²) in [6.45, 7) is 7.37. The molecule has 1 aromatic rings. The number of benzene rings is 1.